The minimum atomic E-state index is -0.526. The summed E-state index contributed by atoms with van der Waals surface area (Å²) in [5.74, 6) is -1.70. The zero-order chi connectivity index (χ0) is 30.2. The Morgan fingerprint density at radius 3 is 2.28 bits per heavy atom. The highest BCUT2D eigenvalue weighted by Gasteiger charge is 2.16. The molecule has 0 radical (unpaired) electrons. The van der Waals surface area contributed by atoms with Gasteiger partial charge in [0.25, 0.3) is 11.8 Å². The maximum atomic E-state index is 14.0. The highest BCUT2D eigenvalue weighted by atomic mass is 79.9. The van der Waals surface area contributed by atoms with Crippen LogP contribution in [0.2, 0.25) is 0 Å². The fraction of sp³-hybridized carbons (Fsp3) is 0.0294. The van der Waals surface area contributed by atoms with Gasteiger partial charge < -0.3 is 16.0 Å². The van der Waals surface area contributed by atoms with E-state index in [2.05, 4.69) is 31.9 Å². The number of hydrogen-bond acceptors (Lipinski definition) is 4. The van der Waals surface area contributed by atoms with Crippen molar-refractivity contribution in [1.29, 1.82) is 0 Å². The van der Waals surface area contributed by atoms with Gasteiger partial charge in [-0.15, -0.1) is 11.8 Å². The van der Waals surface area contributed by atoms with E-state index in [0.717, 1.165) is 21.2 Å². The van der Waals surface area contributed by atoms with Gasteiger partial charge in [0.05, 0.1) is 11.4 Å². The molecule has 9 heteroatoms. The number of hydrogen-bond donors (Lipinski definition) is 3. The topological polar surface area (TPSA) is 87.3 Å². The second-order valence-electron chi connectivity index (χ2n) is 9.39. The molecule has 0 heterocycles. The van der Waals surface area contributed by atoms with Crippen molar-refractivity contribution in [3.8, 4) is 0 Å². The van der Waals surface area contributed by atoms with E-state index < -0.39 is 17.6 Å². The summed E-state index contributed by atoms with van der Waals surface area (Å²) in [4.78, 5) is 39.6. The fourth-order valence-electron chi connectivity index (χ4n) is 4.23. The van der Waals surface area contributed by atoms with E-state index in [0.29, 0.717) is 15.7 Å². The van der Waals surface area contributed by atoms with Crippen molar-refractivity contribution in [1.82, 2.24) is 5.32 Å². The average molecular weight is 655 g/mol. The molecular formula is C34H25BrFN3O3S. The Morgan fingerprint density at radius 1 is 0.791 bits per heavy atom. The first-order chi connectivity index (χ1) is 20.9. The van der Waals surface area contributed by atoms with Crippen molar-refractivity contribution in [2.24, 2.45) is 0 Å². The standard InChI is InChI=1S/C34H25BrFN3O3S/c35-25-13-18-30(29(36)20-25)38-32(40)21-43-27-16-14-26(15-17-27)37-34(42)31(39-33(41)23-8-2-1-3-9-23)19-24-11-6-10-22-7-4-5-12-28(22)24/h1-20H,21H2,(H,37,42)(H,38,40)(H,39,41)/b31-19-. The van der Waals surface area contributed by atoms with Gasteiger partial charge >= 0.3 is 0 Å². The van der Waals surface area contributed by atoms with Gasteiger partial charge in [-0.3, -0.25) is 14.4 Å². The molecule has 5 aromatic carbocycles. The Balaban J connectivity index is 1.28. The van der Waals surface area contributed by atoms with Gasteiger partial charge in [0.2, 0.25) is 5.91 Å². The SMILES string of the molecule is O=C(CSc1ccc(NC(=O)/C(=C/c2cccc3ccccc23)NC(=O)c2ccccc2)cc1)Nc1ccc(Br)cc1F. The molecule has 0 unspecified atom stereocenters. The van der Waals surface area contributed by atoms with Crippen LogP contribution in [-0.4, -0.2) is 23.5 Å². The van der Waals surface area contributed by atoms with Crippen LogP contribution in [0.5, 0.6) is 0 Å². The van der Waals surface area contributed by atoms with Gasteiger partial charge in [0.15, 0.2) is 0 Å². The summed E-state index contributed by atoms with van der Waals surface area (Å²) >= 11 is 4.47. The third-order valence-electron chi connectivity index (χ3n) is 6.34. The summed E-state index contributed by atoms with van der Waals surface area (Å²) in [6.07, 6.45) is 1.66. The van der Waals surface area contributed by atoms with E-state index in [1.165, 1.54) is 23.9 Å². The maximum Gasteiger partial charge on any atom is 0.272 e. The van der Waals surface area contributed by atoms with Crippen molar-refractivity contribution in [3.05, 3.63) is 142 Å². The van der Waals surface area contributed by atoms with Gasteiger partial charge in [0, 0.05) is 20.6 Å². The average Bonchev–Trinajstić information content (AvgIpc) is 3.02. The molecular weight excluding hydrogens is 629 g/mol. The Bertz CT molecular complexity index is 1820. The molecule has 3 amide bonds. The summed E-state index contributed by atoms with van der Waals surface area (Å²) in [5, 5.41) is 10.1. The first kappa shape index (κ1) is 29.8. The maximum absolute atomic E-state index is 14.0. The monoisotopic (exact) mass is 653 g/mol. The first-order valence-corrected chi connectivity index (χ1v) is 15.0. The largest absolute Gasteiger partial charge is 0.323 e. The molecule has 214 valence electrons. The lowest BCUT2D eigenvalue weighted by atomic mass is 10.0. The van der Waals surface area contributed by atoms with Gasteiger partial charge in [-0.25, -0.2) is 4.39 Å². The molecule has 5 rings (SSSR count). The van der Waals surface area contributed by atoms with Crippen molar-refractivity contribution in [2.75, 3.05) is 16.4 Å². The van der Waals surface area contributed by atoms with Crippen LogP contribution in [0.25, 0.3) is 16.8 Å². The summed E-state index contributed by atoms with van der Waals surface area (Å²) < 4.78 is 14.6. The number of fused-ring (bicyclic) bond motifs is 1. The zero-order valence-electron chi connectivity index (χ0n) is 22.6. The van der Waals surface area contributed by atoms with Crippen LogP contribution in [0.1, 0.15) is 15.9 Å². The molecule has 0 aliphatic carbocycles. The highest BCUT2D eigenvalue weighted by molar-refractivity contribution is 9.10. The molecule has 0 aliphatic rings. The third-order valence-corrected chi connectivity index (χ3v) is 7.84. The van der Waals surface area contributed by atoms with Gasteiger partial charge in [-0.1, -0.05) is 76.6 Å². The van der Waals surface area contributed by atoms with Crippen molar-refractivity contribution in [3.63, 3.8) is 0 Å². The third kappa shape index (κ3) is 7.97. The van der Waals surface area contributed by atoms with E-state index in [-0.39, 0.29) is 23.0 Å². The molecule has 0 spiro atoms. The molecule has 5 aromatic rings. The number of halogens is 2. The first-order valence-electron chi connectivity index (χ1n) is 13.2. The molecule has 3 N–H and O–H groups in total. The van der Waals surface area contributed by atoms with Gasteiger partial charge in [-0.2, -0.15) is 0 Å². The molecule has 0 atom stereocenters. The van der Waals surface area contributed by atoms with E-state index in [9.17, 15) is 18.8 Å². The van der Waals surface area contributed by atoms with Crippen LogP contribution in [0.3, 0.4) is 0 Å². The van der Waals surface area contributed by atoms with Crippen molar-refractivity contribution >= 4 is 73.6 Å². The number of thioether (sulfide) groups is 1. The fourth-order valence-corrected chi connectivity index (χ4v) is 5.26. The van der Waals surface area contributed by atoms with Gasteiger partial charge in [0.1, 0.15) is 11.5 Å². The summed E-state index contributed by atoms with van der Waals surface area (Å²) in [6, 6.07) is 33.6. The van der Waals surface area contributed by atoms with Crippen LogP contribution in [-0.2, 0) is 9.59 Å². The lowest BCUT2D eigenvalue weighted by molar-refractivity contribution is -0.114. The number of carbonyl (C=O) groups excluding carboxylic acids is 3. The van der Waals surface area contributed by atoms with Crippen molar-refractivity contribution < 1.29 is 18.8 Å². The van der Waals surface area contributed by atoms with E-state index in [1.54, 1.807) is 60.7 Å². The molecule has 0 saturated carbocycles. The lowest BCUT2D eigenvalue weighted by Gasteiger charge is -2.13. The number of anilines is 2. The number of carbonyl (C=O) groups is 3. The quantitative estimate of drug-likeness (QED) is 0.112. The Labute approximate surface area is 260 Å². The number of rotatable bonds is 9. The molecule has 0 fully saturated rings. The highest BCUT2D eigenvalue weighted by Crippen LogP contribution is 2.24. The second kappa shape index (κ2) is 14.0. The Hall–Kier alpha value is -4.73. The minimum absolute atomic E-state index is 0.0741. The zero-order valence-corrected chi connectivity index (χ0v) is 25.0. The normalized spacial score (nSPS) is 11.2. The van der Waals surface area contributed by atoms with E-state index >= 15 is 0 Å². The molecule has 0 saturated heterocycles. The van der Waals surface area contributed by atoms with Crippen LogP contribution in [0.15, 0.2) is 130 Å². The summed E-state index contributed by atoms with van der Waals surface area (Å²) in [6.45, 7) is 0. The van der Waals surface area contributed by atoms with Crippen LogP contribution in [0.4, 0.5) is 15.8 Å². The lowest BCUT2D eigenvalue weighted by Crippen LogP contribution is -2.30. The molecule has 6 nitrogen and oxygen atoms in total. The predicted octanol–water partition coefficient (Wildman–Crippen LogP) is 7.88. The Morgan fingerprint density at radius 2 is 1.51 bits per heavy atom. The number of benzene rings is 5. The summed E-state index contributed by atoms with van der Waals surface area (Å²) in [7, 11) is 0. The van der Waals surface area contributed by atoms with Crippen LogP contribution >= 0.6 is 27.7 Å². The summed E-state index contributed by atoms with van der Waals surface area (Å²) in [5.41, 5.74) is 1.91. The smallest absolute Gasteiger partial charge is 0.272 e. The van der Waals surface area contributed by atoms with Crippen LogP contribution in [0, 0.1) is 5.82 Å². The molecule has 0 aliphatic heterocycles. The molecule has 0 bridgehead atoms. The molecule has 43 heavy (non-hydrogen) atoms. The van der Waals surface area contributed by atoms with E-state index in [1.807, 2.05) is 48.5 Å². The second-order valence-corrected chi connectivity index (χ2v) is 11.4. The van der Waals surface area contributed by atoms with E-state index in [4.69, 9.17) is 0 Å². The molecule has 0 aromatic heterocycles. The van der Waals surface area contributed by atoms with Gasteiger partial charge in [-0.05, 0) is 77.0 Å². The number of amides is 3. The minimum Gasteiger partial charge on any atom is -0.323 e. The predicted molar refractivity (Wildman–Crippen MR) is 174 cm³/mol. The number of nitrogens with one attached hydrogen (secondary N) is 3. The Kier molecular flexibility index (Phi) is 9.66. The van der Waals surface area contributed by atoms with Crippen LogP contribution < -0.4 is 16.0 Å². The van der Waals surface area contributed by atoms with Crippen molar-refractivity contribution in [2.45, 2.75) is 4.90 Å².